The van der Waals surface area contributed by atoms with Gasteiger partial charge in [-0.15, -0.1) is 0 Å². The number of rotatable bonds is 2. The molecule has 6 heteroatoms. The van der Waals surface area contributed by atoms with Crippen molar-refractivity contribution >= 4 is 12.7 Å². The number of nitrogens with zero attached hydrogens (tertiary/aromatic N) is 2. The Bertz CT molecular complexity index is 447. The molecule has 0 N–H and O–H groups in total. The molecule has 0 aromatic carbocycles. The first-order valence-electron chi connectivity index (χ1n) is 6.00. The maximum atomic E-state index is 5.91. The summed E-state index contributed by atoms with van der Waals surface area (Å²) in [4.78, 5) is 8.61. The van der Waals surface area contributed by atoms with Gasteiger partial charge in [0, 0.05) is 6.20 Å². The van der Waals surface area contributed by atoms with Gasteiger partial charge in [-0.05, 0) is 34.6 Å². The Morgan fingerprint density at radius 2 is 1.72 bits per heavy atom. The average Bonchev–Trinajstić information content (AvgIpc) is 2.49. The number of ether oxygens (including phenoxy) is 1. The highest BCUT2D eigenvalue weighted by Crippen LogP contribution is 2.36. The molecule has 1 aliphatic heterocycles. The molecule has 1 aliphatic rings. The second kappa shape index (κ2) is 4.21. The van der Waals surface area contributed by atoms with Crippen LogP contribution in [0.25, 0.3) is 0 Å². The first-order chi connectivity index (χ1) is 8.27. The third kappa shape index (κ3) is 2.10. The van der Waals surface area contributed by atoms with E-state index < -0.39 is 7.12 Å². The summed E-state index contributed by atoms with van der Waals surface area (Å²) in [6.07, 6.45) is 1.67. The molecule has 98 valence electrons. The standard InChI is InChI=1S/C12H19BN2O3/c1-8-10(16-6)15-9(7-14-8)13-17-11(2,3)12(4,5)18-13/h7H,1-6H3. The molecule has 0 saturated carbocycles. The van der Waals surface area contributed by atoms with Crippen LogP contribution >= 0.6 is 0 Å². The fourth-order valence-electron chi connectivity index (χ4n) is 1.72. The zero-order chi connectivity index (χ0) is 13.6. The fourth-order valence-corrected chi connectivity index (χ4v) is 1.72. The van der Waals surface area contributed by atoms with Crippen molar-refractivity contribution < 1.29 is 14.0 Å². The summed E-state index contributed by atoms with van der Waals surface area (Å²) in [5.74, 6) is 0.502. The zero-order valence-electron chi connectivity index (χ0n) is 11.8. The lowest BCUT2D eigenvalue weighted by Crippen LogP contribution is -2.41. The molecule has 1 aromatic rings. The van der Waals surface area contributed by atoms with Crippen LogP contribution in [0, 0.1) is 6.92 Å². The van der Waals surface area contributed by atoms with Crippen LogP contribution in [0.5, 0.6) is 5.88 Å². The summed E-state index contributed by atoms with van der Waals surface area (Å²) < 4.78 is 17.0. The van der Waals surface area contributed by atoms with Crippen molar-refractivity contribution in [3.05, 3.63) is 11.9 Å². The van der Waals surface area contributed by atoms with Gasteiger partial charge in [-0.1, -0.05) is 0 Å². The molecule has 2 heterocycles. The molecule has 0 bridgehead atoms. The van der Waals surface area contributed by atoms with Gasteiger partial charge in [0.25, 0.3) is 0 Å². The quantitative estimate of drug-likeness (QED) is 0.735. The van der Waals surface area contributed by atoms with E-state index in [-0.39, 0.29) is 11.2 Å². The summed E-state index contributed by atoms with van der Waals surface area (Å²) in [6, 6.07) is 0. The average molecular weight is 250 g/mol. The summed E-state index contributed by atoms with van der Waals surface area (Å²) in [7, 11) is 1.07. The van der Waals surface area contributed by atoms with Crippen molar-refractivity contribution in [2.75, 3.05) is 7.11 Å². The van der Waals surface area contributed by atoms with Crippen LogP contribution in [0.2, 0.25) is 0 Å². The minimum atomic E-state index is -0.503. The second-order valence-electron chi connectivity index (χ2n) is 5.48. The van der Waals surface area contributed by atoms with E-state index in [1.54, 1.807) is 13.3 Å². The fraction of sp³-hybridized carbons (Fsp3) is 0.667. The van der Waals surface area contributed by atoms with Crippen LogP contribution in [-0.2, 0) is 9.31 Å². The van der Waals surface area contributed by atoms with Gasteiger partial charge in [0.15, 0.2) is 0 Å². The zero-order valence-corrected chi connectivity index (χ0v) is 11.8. The molecule has 0 spiro atoms. The van der Waals surface area contributed by atoms with Crippen LogP contribution in [0.3, 0.4) is 0 Å². The smallest absolute Gasteiger partial charge is 0.480 e. The minimum absolute atomic E-state index is 0.378. The second-order valence-corrected chi connectivity index (χ2v) is 5.48. The molecule has 1 aromatic heterocycles. The topological polar surface area (TPSA) is 53.5 Å². The van der Waals surface area contributed by atoms with Crippen LogP contribution in [0.15, 0.2) is 6.20 Å². The van der Waals surface area contributed by atoms with Gasteiger partial charge in [0.05, 0.1) is 29.6 Å². The van der Waals surface area contributed by atoms with Gasteiger partial charge >= 0.3 is 7.12 Å². The predicted molar refractivity (Wildman–Crippen MR) is 69.0 cm³/mol. The first-order valence-corrected chi connectivity index (χ1v) is 6.00. The van der Waals surface area contributed by atoms with E-state index in [9.17, 15) is 0 Å². The van der Waals surface area contributed by atoms with Crippen molar-refractivity contribution in [3.8, 4) is 5.88 Å². The Morgan fingerprint density at radius 1 is 1.17 bits per heavy atom. The van der Waals surface area contributed by atoms with E-state index in [4.69, 9.17) is 14.0 Å². The van der Waals surface area contributed by atoms with E-state index in [1.165, 1.54) is 0 Å². The third-order valence-electron chi connectivity index (χ3n) is 3.62. The maximum absolute atomic E-state index is 5.91. The maximum Gasteiger partial charge on any atom is 0.516 e. The Balaban J connectivity index is 2.30. The van der Waals surface area contributed by atoms with Gasteiger partial charge in [-0.2, -0.15) is 0 Å². The molecular formula is C12H19BN2O3. The highest BCUT2D eigenvalue weighted by Gasteiger charge is 2.52. The van der Waals surface area contributed by atoms with Gasteiger partial charge in [-0.3, -0.25) is 4.98 Å². The van der Waals surface area contributed by atoms with Crippen molar-refractivity contribution in [3.63, 3.8) is 0 Å². The first kappa shape index (κ1) is 13.3. The molecule has 18 heavy (non-hydrogen) atoms. The highest BCUT2D eigenvalue weighted by molar-refractivity contribution is 6.61. The van der Waals surface area contributed by atoms with Crippen molar-refractivity contribution in [1.82, 2.24) is 9.97 Å². The molecule has 5 nitrogen and oxygen atoms in total. The molecule has 0 amide bonds. The molecule has 1 saturated heterocycles. The van der Waals surface area contributed by atoms with Crippen LogP contribution in [0.4, 0.5) is 0 Å². The molecule has 2 rings (SSSR count). The normalized spacial score (nSPS) is 21.1. The molecular weight excluding hydrogens is 231 g/mol. The van der Waals surface area contributed by atoms with Crippen molar-refractivity contribution in [2.45, 2.75) is 45.8 Å². The van der Waals surface area contributed by atoms with Gasteiger partial charge < -0.3 is 14.0 Å². The van der Waals surface area contributed by atoms with Crippen molar-refractivity contribution in [1.29, 1.82) is 0 Å². The Hall–Kier alpha value is -1.14. The number of methoxy groups -OCH3 is 1. The molecule has 1 fully saturated rings. The minimum Gasteiger partial charge on any atom is -0.480 e. The summed E-state index contributed by atoms with van der Waals surface area (Å²) in [5.41, 5.74) is 0.628. The summed E-state index contributed by atoms with van der Waals surface area (Å²) in [5, 5.41) is 0. The number of aromatic nitrogens is 2. The van der Waals surface area contributed by atoms with Crippen LogP contribution in [0.1, 0.15) is 33.4 Å². The predicted octanol–water partition coefficient (Wildman–Crippen LogP) is 1.09. The third-order valence-corrected chi connectivity index (χ3v) is 3.62. The Morgan fingerprint density at radius 3 is 2.22 bits per heavy atom. The summed E-state index contributed by atoms with van der Waals surface area (Å²) in [6.45, 7) is 9.87. The number of hydrogen-bond acceptors (Lipinski definition) is 5. The molecule has 0 aliphatic carbocycles. The van der Waals surface area contributed by atoms with Gasteiger partial charge in [0.2, 0.25) is 5.88 Å². The Kier molecular flexibility index (Phi) is 3.11. The van der Waals surface area contributed by atoms with E-state index in [0.717, 1.165) is 5.69 Å². The largest absolute Gasteiger partial charge is 0.516 e. The Labute approximate surface area is 108 Å². The number of hydrogen-bond donors (Lipinski definition) is 0. The molecule has 0 unspecified atom stereocenters. The highest BCUT2D eigenvalue weighted by atomic mass is 16.7. The van der Waals surface area contributed by atoms with E-state index in [1.807, 2.05) is 34.6 Å². The number of aryl methyl sites for hydroxylation is 1. The lowest BCUT2D eigenvalue weighted by atomic mass is 9.85. The van der Waals surface area contributed by atoms with Gasteiger partial charge in [0.1, 0.15) is 0 Å². The van der Waals surface area contributed by atoms with Gasteiger partial charge in [-0.25, -0.2) is 4.98 Å². The molecule has 0 radical (unpaired) electrons. The van der Waals surface area contributed by atoms with E-state index >= 15 is 0 Å². The lowest BCUT2D eigenvalue weighted by Gasteiger charge is -2.32. The molecule has 0 atom stereocenters. The van der Waals surface area contributed by atoms with Crippen LogP contribution < -0.4 is 10.3 Å². The monoisotopic (exact) mass is 250 g/mol. The lowest BCUT2D eigenvalue weighted by molar-refractivity contribution is 0.00578. The summed E-state index contributed by atoms with van der Waals surface area (Å²) >= 11 is 0. The van der Waals surface area contributed by atoms with E-state index in [0.29, 0.717) is 11.5 Å². The van der Waals surface area contributed by atoms with Crippen molar-refractivity contribution in [2.24, 2.45) is 0 Å². The van der Waals surface area contributed by atoms with E-state index in [2.05, 4.69) is 9.97 Å². The SMILES string of the molecule is COc1nc(B2OC(C)(C)C(C)(C)O2)cnc1C. The van der Waals surface area contributed by atoms with Crippen LogP contribution in [-0.4, -0.2) is 35.4 Å².